The third kappa shape index (κ3) is 3.78. The number of hydrogen-bond donors (Lipinski definition) is 2. The van der Waals surface area contributed by atoms with Crippen LogP contribution in [0.2, 0.25) is 0 Å². The van der Waals surface area contributed by atoms with E-state index in [1.807, 2.05) is 0 Å². The van der Waals surface area contributed by atoms with Crippen LogP contribution >= 0.6 is 0 Å². The van der Waals surface area contributed by atoms with Crippen LogP contribution in [0, 0.1) is 0 Å². The summed E-state index contributed by atoms with van der Waals surface area (Å²) >= 11 is 0. The summed E-state index contributed by atoms with van der Waals surface area (Å²) in [7, 11) is 0. The Morgan fingerprint density at radius 3 is 2.57 bits per heavy atom. The monoisotopic (exact) mass is 374 g/mol. The van der Waals surface area contributed by atoms with Gasteiger partial charge in [0, 0.05) is 11.3 Å². The van der Waals surface area contributed by atoms with E-state index in [0.717, 1.165) is 0 Å². The Labute approximate surface area is 159 Å². The number of furan rings is 1. The fourth-order valence-electron chi connectivity index (χ4n) is 2.46. The highest BCUT2D eigenvalue weighted by atomic mass is 16.3. The molecule has 3 heterocycles. The van der Waals surface area contributed by atoms with Gasteiger partial charge in [0.25, 0.3) is 11.8 Å². The molecule has 28 heavy (non-hydrogen) atoms. The topological polar surface area (TPSA) is 115 Å². The molecular weight excluding hydrogens is 360 g/mol. The molecule has 3 aromatic heterocycles. The van der Waals surface area contributed by atoms with Crippen LogP contribution in [-0.4, -0.2) is 31.6 Å². The van der Waals surface area contributed by atoms with E-state index in [9.17, 15) is 9.59 Å². The quantitative estimate of drug-likeness (QED) is 0.555. The highest BCUT2D eigenvalue weighted by Gasteiger charge is 2.11. The van der Waals surface area contributed by atoms with Gasteiger partial charge in [-0.25, -0.2) is 14.6 Å². The molecule has 4 aromatic rings. The minimum absolute atomic E-state index is 0.188. The number of nitrogens with one attached hydrogen (secondary N) is 2. The number of anilines is 2. The molecule has 4 rings (SSSR count). The summed E-state index contributed by atoms with van der Waals surface area (Å²) in [5, 5.41) is 9.44. The molecule has 0 unspecified atom stereocenters. The lowest BCUT2D eigenvalue weighted by Gasteiger charge is -2.08. The number of hydrogen-bond acceptors (Lipinski definition) is 6. The average Bonchev–Trinajstić information content (AvgIpc) is 3.43. The Hall–Kier alpha value is -4.27. The van der Waals surface area contributed by atoms with Gasteiger partial charge in [-0.15, -0.1) is 0 Å². The van der Waals surface area contributed by atoms with Crippen LogP contribution in [0.25, 0.3) is 5.82 Å². The summed E-state index contributed by atoms with van der Waals surface area (Å²) in [6, 6.07) is 13.2. The Balaban J connectivity index is 1.44. The Morgan fingerprint density at radius 2 is 1.86 bits per heavy atom. The number of rotatable bonds is 5. The van der Waals surface area contributed by atoms with Crippen molar-refractivity contribution in [1.29, 1.82) is 0 Å². The minimum Gasteiger partial charge on any atom is -0.459 e. The zero-order valence-electron chi connectivity index (χ0n) is 14.4. The number of carbonyl (C=O) groups is 2. The normalized spacial score (nSPS) is 10.4. The molecule has 0 radical (unpaired) electrons. The second-order valence-corrected chi connectivity index (χ2v) is 5.71. The van der Waals surface area contributed by atoms with Gasteiger partial charge in [0.15, 0.2) is 11.6 Å². The summed E-state index contributed by atoms with van der Waals surface area (Å²) < 4.78 is 6.56. The molecule has 2 amide bonds. The van der Waals surface area contributed by atoms with Crippen LogP contribution in [0.1, 0.15) is 20.9 Å². The van der Waals surface area contributed by atoms with Crippen LogP contribution < -0.4 is 10.6 Å². The maximum atomic E-state index is 12.5. The van der Waals surface area contributed by atoms with Crippen molar-refractivity contribution in [2.45, 2.75) is 0 Å². The highest BCUT2D eigenvalue weighted by molar-refractivity contribution is 6.06. The molecule has 9 heteroatoms. The van der Waals surface area contributed by atoms with Crippen LogP contribution in [0.5, 0.6) is 0 Å². The lowest BCUT2D eigenvalue weighted by molar-refractivity contribution is 0.0993. The first-order chi connectivity index (χ1) is 13.7. The molecule has 0 aliphatic heterocycles. The predicted octanol–water partition coefficient (Wildman–Crippen LogP) is 2.76. The van der Waals surface area contributed by atoms with Crippen LogP contribution in [-0.2, 0) is 0 Å². The Bertz CT molecular complexity index is 1090. The third-order valence-electron chi connectivity index (χ3n) is 3.79. The van der Waals surface area contributed by atoms with Gasteiger partial charge in [-0.05, 0) is 42.5 Å². The second-order valence-electron chi connectivity index (χ2n) is 5.71. The van der Waals surface area contributed by atoms with Crippen LogP contribution in [0.15, 0.2) is 78.1 Å². The van der Waals surface area contributed by atoms with Gasteiger partial charge in [0.2, 0.25) is 0 Å². The first-order valence-electron chi connectivity index (χ1n) is 8.26. The van der Waals surface area contributed by atoms with Gasteiger partial charge in [-0.1, -0.05) is 6.07 Å². The maximum absolute atomic E-state index is 12.5. The van der Waals surface area contributed by atoms with E-state index in [2.05, 4.69) is 25.7 Å². The number of pyridine rings is 1. The van der Waals surface area contributed by atoms with E-state index in [4.69, 9.17) is 4.42 Å². The predicted molar refractivity (Wildman–Crippen MR) is 100 cm³/mol. The smallest absolute Gasteiger partial charge is 0.291 e. The molecule has 9 nitrogen and oxygen atoms in total. The highest BCUT2D eigenvalue weighted by Crippen LogP contribution is 2.15. The molecule has 0 aliphatic carbocycles. The van der Waals surface area contributed by atoms with E-state index in [1.54, 1.807) is 48.5 Å². The second kappa shape index (κ2) is 7.54. The molecule has 0 fully saturated rings. The molecule has 1 aromatic carbocycles. The standard InChI is InChI=1S/C19H14N6O3/c26-18(24-15-6-7-17(21-10-15)25-12-20-11-22-25)13-3-1-4-14(9-13)23-19(27)16-5-2-8-28-16/h1-12H,(H,23,27)(H,24,26). The molecule has 0 saturated heterocycles. The van der Waals surface area contributed by atoms with E-state index in [1.165, 1.54) is 29.8 Å². The van der Waals surface area contributed by atoms with Crippen LogP contribution in [0.3, 0.4) is 0 Å². The van der Waals surface area contributed by atoms with Crippen molar-refractivity contribution >= 4 is 23.2 Å². The number of benzene rings is 1. The lowest BCUT2D eigenvalue weighted by atomic mass is 10.2. The van der Waals surface area contributed by atoms with E-state index in [0.29, 0.717) is 22.8 Å². The molecule has 0 atom stereocenters. The number of nitrogens with zero attached hydrogens (tertiary/aromatic N) is 4. The molecule has 0 spiro atoms. The van der Waals surface area contributed by atoms with E-state index < -0.39 is 5.91 Å². The summed E-state index contributed by atoms with van der Waals surface area (Å²) in [6.07, 6.45) is 5.89. The molecule has 2 N–H and O–H groups in total. The van der Waals surface area contributed by atoms with Crippen molar-refractivity contribution in [3.8, 4) is 5.82 Å². The Kier molecular flexibility index (Phi) is 4.62. The molecule has 0 saturated carbocycles. The van der Waals surface area contributed by atoms with Crippen molar-refractivity contribution in [2.24, 2.45) is 0 Å². The minimum atomic E-state index is -0.393. The van der Waals surface area contributed by atoms with Crippen molar-refractivity contribution in [3.63, 3.8) is 0 Å². The summed E-state index contributed by atoms with van der Waals surface area (Å²) in [5.74, 6) is 0.0476. The van der Waals surface area contributed by atoms with Gasteiger partial charge in [0.05, 0.1) is 18.1 Å². The van der Waals surface area contributed by atoms with Crippen molar-refractivity contribution in [1.82, 2.24) is 19.7 Å². The van der Waals surface area contributed by atoms with Crippen molar-refractivity contribution in [3.05, 3.63) is 85.0 Å². The van der Waals surface area contributed by atoms with Crippen molar-refractivity contribution < 1.29 is 14.0 Å². The first kappa shape index (κ1) is 17.2. The zero-order chi connectivity index (χ0) is 19.3. The Morgan fingerprint density at radius 1 is 0.964 bits per heavy atom. The van der Waals surface area contributed by atoms with Gasteiger partial charge >= 0.3 is 0 Å². The summed E-state index contributed by atoms with van der Waals surface area (Å²) in [4.78, 5) is 32.6. The molecule has 138 valence electrons. The lowest BCUT2D eigenvalue weighted by Crippen LogP contribution is -2.14. The average molecular weight is 374 g/mol. The first-order valence-corrected chi connectivity index (χ1v) is 8.26. The number of carbonyl (C=O) groups excluding carboxylic acids is 2. The largest absolute Gasteiger partial charge is 0.459 e. The summed E-state index contributed by atoms with van der Waals surface area (Å²) in [5.41, 5.74) is 1.39. The van der Waals surface area contributed by atoms with E-state index >= 15 is 0 Å². The van der Waals surface area contributed by atoms with Crippen molar-refractivity contribution in [2.75, 3.05) is 10.6 Å². The molecule has 0 aliphatic rings. The molecular formula is C19H14N6O3. The number of aromatic nitrogens is 4. The third-order valence-corrected chi connectivity index (χ3v) is 3.79. The van der Waals surface area contributed by atoms with Gasteiger partial charge < -0.3 is 15.1 Å². The van der Waals surface area contributed by atoms with Gasteiger partial charge in [0.1, 0.15) is 12.7 Å². The fraction of sp³-hybridized carbons (Fsp3) is 0. The van der Waals surface area contributed by atoms with Gasteiger partial charge in [-0.3, -0.25) is 9.59 Å². The van der Waals surface area contributed by atoms with Gasteiger partial charge in [-0.2, -0.15) is 5.10 Å². The number of amides is 2. The van der Waals surface area contributed by atoms with E-state index in [-0.39, 0.29) is 11.7 Å². The fourth-order valence-corrected chi connectivity index (χ4v) is 2.46. The summed E-state index contributed by atoms with van der Waals surface area (Å²) in [6.45, 7) is 0. The SMILES string of the molecule is O=C(Nc1ccc(-n2cncn2)nc1)c1cccc(NC(=O)c2ccco2)c1. The van der Waals surface area contributed by atoms with Crippen LogP contribution in [0.4, 0.5) is 11.4 Å². The molecule has 0 bridgehead atoms. The maximum Gasteiger partial charge on any atom is 0.291 e. The zero-order valence-corrected chi connectivity index (χ0v) is 14.4.